The van der Waals surface area contributed by atoms with Crippen LogP contribution < -0.4 is 0 Å². The predicted octanol–water partition coefficient (Wildman–Crippen LogP) is 0.0631. The van der Waals surface area contributed by atoms with E-state index >= 15 is 0 Å². The molecule has 0 aromatic heterocycles. The number of rotatable bonds is 5. The van der Waals surface area contributed by atoms with Crippen molar-refractivity contribution in [3.8, 4) is 0 Å². The van der Waals surface area contributed by atoms with E-state index in [1.807, 2.05) is 0 Å². The maximum atomic E-state index is 10.6. The highest BCUT2D eigenvalue weighted by Gasteiger charge is 2.01. The van der Waals surface area contributed by atoms with Gasteiger partial charge in [0, 0.05) is 20.5 Å². The third-order valence-electron chi connectivity index (χ3n) is 1.37. The van der Waals surface area contributed by atoms with Gasteiger partial charge in [-0.3, -0.25) is 4.79 Å². The summed E-state index contributed by atoms with van der Waals surface area (Å²) in [6, 6.07) is 0. The fraction of sp³-hybridized carbons (Fsp3) is 0.833. The van der Waals surface area contributed by atoms with Crippen LogP contribution in [0.2, 0.25) is 0 Å². The molecular formula is C6H12N2O4. The SMILES string of the molecule is CC(=O)N(C)CCCO[N+](=O)[O-]. The van der Waals surface area contributed by atoms with E-state index in [9.17, 15) is 14.9 Å². The first kappa shape index (κ1) is 10.7. The average Bonchev–Trinajstić information content (AvgIpc) is 1.97. The van der Waals surface area contributed by atoms with Crippen LogP contribution in [0, 0.1) is 10.1 Å². The molecule has 0 aromatic carbocycles. The largest absolute Gasteiger partial charge is 0.346 e. The second-order valence-corrected chi connectivity index (χ2v) is 2.35. The number of carbonyl (C=O) groups excluding carboxylic acids is 1. The first-order valence-corrected chi connectivity index (χ1v) is 3.53. The number of hydrogen-bond acceptors (Lipinski definition) is 4. The maximum Gasteiger partial charge on any atom is 0.294 e. The van der Waals surface area contributed by atoms with Crippen LogP contribution in [0.4, 0.5) is 0 Å². The van der Waals surface area contributed by atoms with Gasteiger partial charge in [0.2, 0.25) is 5.91 Å². The lowest BCUT2D eigenvalue weighted by Crippen LogP contribution is -2.25. The summed E-state index contributed by atoms with van der Waals surface area (Å²) in [7, 11) is 1.63. The number of carbonyl (C=O) groups is 1. The zero-order chi connectivity index (χ0) is 9.56. The van der Waals surface area contributed by atoms with E-state index in [0.717, 1.165) is 0 Å². The van der Waals surface area contributed by atoms with Crippen LogP contribution in [0.3, 0.4) is 0 Å². The van der Waals surface area contributed by atoms with Crippen LogP contribution in [-0.4, -0.2) is 36.1 Å². The van der Waals surface area contributed by atoms with Crippen molar-refractivity contribution in [2.24, 2.45) is 0 Å². The van der Waals surface area contributed by atoms with Gasteiger partial charge in [-0.1, -0.05) is 0 Å². The van der Waals surface area contributed by atoms with E-state index in [0.29, 0.717) is 13.0 Å². The average molecular weight is 176 g/mol. The Hall–Kier alpha value is -1.33. The van der Waals surface area contributed by atoms with Crippen LogP contribution in [-0.2, 0) is 9.63 Å². The van der Waals surface area contributed by atoms with Gasteiger partial charge in [0.05, 0.1) is 6.61 Å². The number of hydrogen-bond donors (Lipinski definition) is 0. The van der Waals surface area contributed by atoms with Crippen molar-refractivity contribution in [1.29, 1.82) is 0 Å². The van der Waals surface area contributed by atoms with E-state index in [4.69, 9.17) is 0 Å². The van der Waals surface area contributed by atoms with Gasteiger partial charge in [-0.15, -0.1) is 10.1 Å². The summed E-state index contributed by atoms with van der Waals surface area (Å²) in [4.78, 5) is 25.8. The summed E-state index contributed by atoms with van der Waals surface area (Å²) in [6.07, 6.45) is 0.469. The lowest BCUT2D eigenvalue weighted by Gasteiger charge is -2.13. The third kappa shape index (κ3) is 5.45. The van der Waals surface area contributed by atoms with Crippen LogP contribution >= 0.6 is 0 Å². The molecule has 0 atom stereocenters. The Morgan fingerprint density at radius 3 is 2.67 bits per heavy atom. The van der Waals surface area contributed by atoms with E-state index < -0.39 is 5.09 Å². The first-order valence-electron chi connectivity index (χ1n) is 3.53. The quantitative estimate of drug-likeness (QED) is 0.337. The smallest absolute Gasteiger partial charge is 0.294 e. The van der Waals surface area contributed by atoms with Gasteiger partial charge in [0.15, 0.2) is 0 Å². The van der Waals surface area contributed by atoms with Gasteiger partial charge < -0.3 is 9.74 Å². The Morgan fingerprint density at radius 2 is 2.25 bits per heavy atom. The van der Waals surface area contributed by atoms with Gasteiger partial charge >= 0.3 is 0 Å². The second kappa shape index (κ2) is 5.34. The standard InChI is InChI=1S/C6H12N2O4/c1-6(9)7(2)4-3-5-12-8(10)11/h3-5H2,1-2H3. The monoisotopic (exact) mass is 176 g/mol. The molecule has 0 aliphatic rings. The van der Waals surface area contributed by atoms with Crippen LogP contribution in [0.15, 0.2) is 0 Å². The lowest BCUT2D eigenvalue weighted by atomic mass is 10.4. The Kier molecular flexibility index (Phi) is 4.75. The Morgan fingerprint density at radius 1 is 1.67 bits per heavy atom. The Bertz CT molecular complexity index is 171. The fourth-order valence-corrected chi connectivity index (χ4v) is 0.598. The van der Waals surface area contributed by atoms with E-state index in [-0.39, 0.29) is 12.5 Å². The molecule has 0 N–H and O–H groups in total. The molecule has 6 heteroatoms. The van der Waals surface area contributed by atoms with E-state index in [2.05, 4.69) is 4.84 Å². The topological polar surface area (TPSA) is 72.7 Å². The lowest BCUT2D eigenvalue weighted by molar-refractivity contribution is -0.757. The van der Waals surface area contributed by atoms with Crippen molar-refractivity contribution in [3.05, 3.63) is 10.1 Å². The van der Waals surface area contributed by atoms with Crippen molar-refractivity contribution in [2.75, 3.05) is 20.2 Å². The van der Waals surface area contributed by atoms with Crippen LogP contribution in [0.5, 0.6) is 0 Å². The molecule has 0 radical (unpaired) electrons. The minimum Gasteiger partial charge on any atom is -0.346 e. The number of amides is 1. The minimum absolute atomic E-state index is 0.0324. The summed E-state index contributed by atoms with van der Waals surface area (Å²) in [5, 5.41) is 8.84. The van der Waals surface area contributed by atoms with Gasteiger partial charge in [-0.2, -0.15) is 0 Å². The molecular weight excluding hydrogens is 164 g/mol. The molecule has 0 bridgehead atoms. The van der Waals surface area contributed by atoms with Crippen molar-refractivity contribution < 1.29 is 14.7 Å². The highest BCUT2D eigenvalue weighted by molar-refractivity contribution is 5.72. The molecule has 0 heterocycles. The van der Waals surface area contributed by atoms with E-state index in [1.165, 1.54) is 11.8 Å². The summed E-state index contributed by atoms with van der Waals surface area (Å²) in [6.45, 7) is 1.95. The Balaban J connectivity index is 3.31. The van der Waals surface area contributed by atoms with Gasteiger partial charge in [-0.05, 0) is 6.42 Å². The van der Waals surface area contributed by atoms with E-state index in [1.54, 1.807) is 7.05 Å². The van der Waals surface area contributed by atoms with Crippen molar-refractivity contribution in [3.63, 3.8) is 0 Å². The molecule has 0 spiro atoms. The number of nitrogens with zero attached hydrogens (tertiary/aromatic N) is 2. The molecule has 12 heavy (non-hydrogen) atoms. The molecule has 0 aliphatic heterocycles. The highest BCUT2D eigenvalue weighted by Crippen LogP contribution is 1.89. The first-order chi connectivity index (χ1) is 5.54. The fourth-order valence-electron chi connectivity index (χ4n) is 0.598. The molecule has 0 saturated carbocycles. The normalized spacial score (nSPS) is 9.17. The predicted molar refractivity (Wildman–Crippen MR) is 40.9 cm³/mol. The van der Waals surface area contributed by atoms with Gasteiger partial charge in [0.25, 0.3) is 5.09 Å². The molecule has 1 amide bonds. The van der Waals surface area contributed by atoms with Crippen molar-refractivity contribution >= 4 is 5.91 Å². The van der Waals surface area contributed by atoms with Gasteiger partial charge in [-0.25, -0.2) is 0 Å². The minimum atomic E-state index is -0.840. The zero-order valence-electron chi connectivity index (χ0n) is 7.15. The molecule has 0 saturated heterocycles. The second-order valence-electron chi connectivity index (χ2n) is 2.35. The zero-order valence-corrected chi connectivity index (χ0v) is 7.15. The summed E-state index contributed by atoms with van der Waals surface area (Å²) in [5.41, 5.74) is 0. The Labute approximate surface area is 70.2 Å². The van der Waals surface area contributed by atoms with Crippen LogP contribution in [0.1, 0.15) is 13.3 Å². The maximum absolute atomic E-state index is 10.6. The molecule has 0 aliphatic carbocycles. The molecule has 0 rings (SSSR count). The molecule has 70 valence electrons. The highest BCUT2D eigenvalue weighted by atomic mass is 16.9. The van der Waals surface area contributed by atoms with Crippen molar-refractivity contribution in [2.45, 2.75) is 13.3 Å². The van der Waals surface area contributed by atoms with Gasteiger partial charge in [0.1, 0.15) is 0 Å². The molecule has 6 nitrogen and oxygen atoms in total. The summed E-state index contributed by atoms with van der Waals surface area (Å²) < 4.78 is 0. The third-order valence-corrected chi connectivity index (χ3v) is 1.37. The molecule has 0 aromatic rings. The summed E-state index contributed by atoms with van der Waals surface area (Å²) >= 11 is 0. The molecule has 0 unspecified atom stereocenters. The molecule has 0 fully saturated rings. The van der Waals surface area contributed by atoms with Crippen molar-refractivity contribution in [1.82, 2.24) is 4.90 Å². The van der Waals surface area contributed by atoms with Crippen LogP contribution in [0.25, 0.3) is 0 Å². The summed E-state index contributed by atoms with van der Waals surface area (Å²) in [5.74, 6) is -0.0592.